The van der Waals surface area contributed by atoms with Crippen LogP contribution < -0.4 is 15.5 Å². The van der Waals surface area contributed by atoms with Crippen molar-refractivity contribution in [2.24, 2.45) is 0 Å². The number of benzene rings is 2. The van der Waals surface area contributed by atoms with E-state index in [2.05, 4.69) is 25.0 Å². The van der Waals surface area contributed by atoms with Crippen molar-refractivity contribution in [1.82, 2.24) is 20.2 Å². The summed E-state index contributed by atoms with van der Waals surface area (Å²) < 4.78 is 24.5. The number of aromatic nitrogens is 2. The smallest absolute Gasteiger partial charge is 0.251 e. The van der Waals surface area contributed by atoms with Crippen LogP contribution in [-0.2, 0) is 4.74 Å². The van der Waals surface area contributed by atoms with E-state index in [1.54, 1.807) is 12.3 Å². The molecule has 1 aromatic heterocycles. The van der Waals surface area contributed by atoms with Crippen LogP contribution in [0.15, 0.2) is 36.5 Å². The first-order valence-corrected chi connectivity index (χ1v) is 14.5. The molecule has 1 aliphatic heterocycles. The van der Waals surface area contributed by atoms with Crippen LogP contribution in [0.5, 0.6) is 0 Å². The van der Waals surface area contributed by atoms with Gasteiger partial charge in [-0.05, 0) is 51.4 Å². The highest BCUT2D eigenvalue weighted by molar-refractivity contribution is 14.2. The molecular weight excluding hydrogens is 574 g/mol. The van der Waals surface area contributed by atoms with Gasteiger partial charge >= 0.3 is 0 Å². The van der Waals surface area contributed by atoms with Crippen molar-refractivity contribution in [3.63, 3.8) is 0 Å². The number of ether oxygens (including phenoxy) is 1. The van der Waals surface area contributed by atoms with E-state index in [4.69, 9.17) is 9.72 Å². The van der Waals surface area contributed by atoms with Gasteiger partial charge in [-0.15, -0.1) is 0 Å². The van der Waals surface area contributed by atoms with E-state index in [0.29, 0.717) is 42.0 Å². The van der Waals surface area contributed by atoms with Crippen LogP contribution >= 0.6 is 20.7 Å². The second-order valence-electron chi connectivity index (χ2n) is 8.98. The van der Waals surface area contributed by atoms with E-state index in [9.17, 15) is 9.18 Å². The average Bonchev–Trinajstić information content (AvgIpc) is 2.87. The predicted molar refractivity (Wildman–Crippen MR) is 152 cm³/mol. The standard InChI is InChI=1S/C26H32FIN6O2/c1-17(31-21-14-19(27)13-20(15-21)28-2)22-11-18(26(35)29-5-6-33(3)4)12-23-25(22)32-24(16-30-23)34-7-9-36-10-8-34/h11-17,31H,2,5-10H2,1,3-4H3,(H,29,35)/t17-/m1/s1. The Balaban J connectivity index is 1.71. The first-order chi connectivity index (χ1) is 17.3. The number of carbonyl (C=O) groups excluding carboxylic acids is 1. The number of fused-ring (bicyclic) bond motifs is 1. The van der Waals surface area contributed by atoms with Gasteiger partial charge < -0.3 is 25.2 Å². The molecule has 4 rings (SSSR count). The number of halogens is 2. The molecule has 3 aromatic rings. The maximum absolute atomic E-state index is 14.2. The monoisotopic (exact) mass is 606 g/mol. The highest BCUT2D eigenvalue weighted by Crippen LogP contribution is 2.29. The average molecular weight is 606 g/mol. The van der Waals surface area contributed by atoms with Crippen molar-refractivity contribution in [2.45, 2.75) is 13.0 Å². The molecule has 8 nitrogen and oxygen atoms in total. The first kappa shape index (κ1) is 26.4. The van der Waals surface area contributed by atoms with Gasteiger partial charge in [-0.25, -0.2) is 9.37 Å². The number of anilines is 2. The zero-order valence-electron chi connectivity index (χ0n) is 20.9. The lowest BCUT2D eigenvalue weighted by Gasteiger charge is -2.28. The van der Waals surface area contributed by atoms with Crippen LogP contribution in [-0.4, -0.2) is 78.8 Å². The van der Waals surface area contributed by atoms with Crippen molar-refractivity contribution < 1.29 is 13.9 Å². The molecule has 2 heterocycles. The largest absolute Gasteiger partial charge is 0.378 e. The van der Waals surface area contributed by atoms with E-state index in [1.165, 1.54) is 12.1 Å². The normalized spacial score (nSPS) is 14.8. The lowest BCUT2D eigenvalue weighted by atomic mass is 10.0. The van der Waals surface area contributed by atoms with Crippen LogP contribution in [0.2, 0.25) is 0 Å². The molecule has 2 N–H and O–H groups in total. The Bertz CT molecular complexity index is 1250. The van der Waals surface area contributed by atoms with Crippen molar-refractivity contribution in [3.05, 3.63) is 57.0 Å². The van der Waals surface area contributed by atoms with Crippen molar-refractivity contribution in [2.75, 3.05) is 63.7 Å². The van der Waals surface area contributed by atoms with Crippen molar-refractivity contribution in [3.8, 4) is 0 Å². The molecule has 1 atom stereocenters. The second-order valence-corrected chi connectivity index (χ2v) is 11.0. The summed E-state index contributed by atoms with van der Waals surface area (Å²) in [6.45, 7) is 6.04. The predicted octanol–water partition coefficient (Wildman–Crippen LogP) is 3.64. The number of amides is 1. The molecule has 0 aliphatic carbocycles. The van der Waals surface area contributed by atoms with Crippen molar-refractivity contribution >= 4 is 53.7 Å². The number of rotatable bonds is 9. The number of carbonyl (C=O) groups is 1. The summed E-state index contributed by atoms with van der Waals surface area (Å²) in [5, 5.41) is 6.37. The fourth-order valence-corrected chi connectivity index (χ4v) is 5.15. The van der Waals surface area contributed by atoms with Gasteiger partial charge in [0.05, 0.1) is 36.5 Å². The summed E-state index contributed by atoms with van der Waals surface area (Å²) in [4.78, 5) is 26.8. The number of hydrogen-bond donors (Lipinski definition) is 2. The zero-order valence-corrected chi connectivity index (χ0v) is 23.0. The molecule has 0 saturated carbocycles. The van der Waals surface area contributed by atoms with E-state index in [1.807, 2.05) is 38.1 Å². The van der Waals surface area contributed by atoms with Crippen molar-refractivity contribution in [1.29, 1.82) is 0 Å². The molecule has 0 radical (unpaired) electrons. The summed E-state index contributed by atoms with van der Waals surface area (Å²) in [5.74, 6) is 0.317. The summed E-state index contributed by atoms with van der Waals surface area (Å²) in [6, 6.07) is 8.32. The van der Waals surface area contributed by atoms with Gasteiger partial charge in [-0.1, -0.05) is 25.2 Å². The number of morpholine rings is 1. The zero-order chi connectivity index (χ0) is 25.7. The Kier molecular flexibility index (Phi) is 8.81. The quantitative estimate of drug-likeness (QED) is 0.360. The summed E-state index contributed by atoms with van der Waals surface area (Å²) in [5.41, 5.74) is 3.36. The maximum Gasteiger partial charge on any atom is 0.251 e. The van der Waals surface area contributed by atoms with Crippen LogP contribution in [0.1, 0.15) is 28.9 Å². The van der Waals surface area contributed by atoms with E-state index >= 15 is 0 Å². The van der Waals surface area contributed by atoms with Crippen LogP contribution in [0.3, 0.4) is 0 Å². The highest BCUT2D eigenvalue weighted by Gasteiger charge is 2.20. The lowest BCUT2D eigenvalue weighted by molar-refractivity contribution is 0.0951. The molecule has 1 saturated heterocycles. The number of likely N-dealkylation sites (N-methyl/N-ethyl adjacent to an activating group) is 1. The molecule has 36 heavy (non-hydrogen) atoms. The highest BCUT2D eigenvalue weighted by atomic mass is 127. The lowest BCUT2D eigenvalue weighted by Crippen LogP contribution is -2.36. The van der Waals surface area contributed by atoms with Gasteiger partial charge in [0.2, 0.25) is 0 Å². The van der Waals surface area contributed by atoms with Crippen LogP contribution in [0.4, 0.5) is 15.9 Å². The topological polar surface area (TPSA) is 82.6 Å². The minimum atomic E-state index is -0.496. The molecular formula is C26H32FIN6O2. The van der Waals surface area contributed by atoms with Gasteiger partial charge in [0.1, 0.15) is 11.6 Å². The Morgan fingerprint density at radius 1 is 1.25 bits per heavy atom. The van der Waals surface area contributed by atoms with Crippen LogP contribution in [0, 0.1) is 9.39 Å². The molecule has 10 heteroatoms. The Hall–Kier alpha value is -2.70. The van der Waals surface area contributed by atoms with Gasteiger partial charge in [0.15, 0.2) is 0 Å². The fraction of sp³-hybridized carbons (Fsp3) is 0.385. The minimum Gasteiger partial charge on any atom is -0.378 e. The molecule has 1 aliphatic rings. The number of nitrogens with one attached hydrogen (secondary N) is 2. The number of nitrogens with zero attached hydrogens (tertiary/aromatic N) is 4. The van der Waals surface area contributed by atoms with Gasteiger partial charge in [0, 0.05) is 46.6 Å². The van der Waals surface area contributed by atoms with Crippen LogP contribution in [0.25, 0.3) is 11.0 Å². The van der Waals surface area contributed by atoms with E-state index < -0.39 is 20.7 Å². The summed E-state index contributed by atoms with van der Waals surface area (Å²) in [6.07, 6.45) is 1.75. The van der Waals surface area contributed by atoms with E-state index in [0.717, 1.165) is 34.6 Å². The molecule has 2 aromatic carbocycles. The molecule has 0 unspecified atom stereocenters. The number of hydrogen-bond acceptors (Lipinski definition) is 7. The Labute approximate surface area is 221 Å². The Morgan fingerprint density at radius 3 is 2.75 bits per heavy atom. The third-order valence-electron chi connectivity index (χ3n) is 5.97. The Morgan fingerprint density at radius 2 is 2.03 bits per heavy atom. The SMILES string of the molecule is C=Ic1cc(F)cc(N[C@H](C)c2cc(C(=O)NCCN(C)C)cc3ncc(N4CCOCC4)nc23)c1. The van der Waals surface area contributed by atoms with Gasteiger partial charge in [-0.2, -0.15) is 0 Å². The minimum absolute atomic E-state index is 0.166. The second kappa shape index (κ2) is 12.0. The first-order valence-electron chi connectivity index (χ1n) is 11.9. The molecule has 192 valence electrons. The molecule has 0 spiro atoms. The summed E-state index contributed by atoms with van der Waals surface area (Å²) >= 11 is -0.496. The third kappa shape index (κ3) is 6.54. The summed E-state index contributed by atoms with van der Waals surface area (Å²) in [7, 11) is 3.92. The molecule has 1 fully saturated rings. The fourth-order valence-electron chi connectivity index (χ4n) is 4.08. The molecule has 1 amide bonds. The molecule has 0 bridgehead atoms. The third-order valence-corrected chi connectivity index (χ3v) is 7.48. The van der Waals surface area contributed by atoms with Gasteiger partial charge in [-0.3, -0.25) is 9.78 Å². The van der Waals surface area contributed by atoms with E-state index in [-0.39, 0.29) is 17.8 Å². The van der Waals surface area contributed by atoms with Gasteiger partial charge in [0.25, 0.3) is 5.91 Å². The maximum atomic E-state index is 14.2.